The molecule has 1 aliphatic heterocycles. The van der Waals surface area contributed by atoms with Gasteiger partial charge in [-0.1, -0.05) is 18.2 Å². The Balaban J connectivity index is 1.31. The summed E-state index contributed by atoms with van der Waals surface area (Å²) in [7, 11) is 0. The summed E-state index contributed by atoms with van der Waals surface area (Å²) < 4.78 is 0. The molecule has 2 aliphatic rings. The van der Waals surface area contributed by atoms with Crippen LogP contribution in [0, 0.1) is 0 Å². The van der Waals surface area contributed by atoms with Gasteiger partial charge >= 0.3 is 0 Å². The van der Waals surface area contributed by atoms with E-state index in [2.05, 4.69) is 40.5 Å². The molecule has 0 amide bonds. The van der Waals surface area contributed by atoms with Gasteiger partial charge in [0.1, 0.15) is 0 Å². The largest absolute Gasteiger partial charge is 0.312 e. The fraction of sp³-hybridized carbons (Fsp3) is 0.600. The molecule has 1 unspecified atom stereocenters. The SMILES string of the molecule is c1ccc(SCCNC2CCN(C3CC3)C2)cc1. The Kier molecular flexibility index (Phi) is 4.24. The Hall–Kier alpha value is -0.510. The maximum Gasteiger partial charge on any atom is 0.0207 e. The van der Waals surface area contributed by atoms with E-state index >= 15 is 0 Å². The molecule has 0 radical (unpaired) electrons. The number of benzene rings is 1. The number of nitrogens with one attached hydrogen (secondary N) is 1. The van der Waals surface area contributed by atoms with Gasteiger partial charge in [0.05, 0.1) is 0 Å². The third kappa shape index (κ3) is 3.50. The Morgan fingerprint density at radius 3 is 2.78 bits per heavy atom. The van der Waals surface area contributed by atoms with E-state index in [0.717, 1.165) is 18.6 Å². The summed E-state index contributed by atoms with van der Waals surface area (Å²) in [4.78, 5) is 4.05. The zero-order valence-electron chi connectivity index (χ0n) is 10.8. The Bertz CT molecular complexity index is 364. The second kappa shape index (κ2) is 6.09. The van der Waals surface area contributed by atoms with Crippen LogP contribution in [0.3, 0.4) is 0 Å². The fourth-order valence-electron chi connectivity index (χ4n) is 2.67. The lowest BCUT2D eigenvalue weighted by atomic mass is 10.3. The van der Waals surface area contributed by atoms with Crippen molar-refractivity contribution in [2.45, 2.75) is 36.2 Å². The van der Waals surface area contributed by atoms with Crippen LogP contribution in [0.1, 0.15) is 19.3 Å². The van der Waals surface area contributed by atoms with E-state index in [1.54, 1.807) is 0 Å². The molecule has 3 rings (SSSR count). The average Bonchev–Trinajstić information content (AvgIpc) is 3.16. The first-order valence-corrected chi connectivity index (χ1v) is 8.05. The smallest absolute Gasteiger partial charge is 0.0207 e. The quantitative estimate of drug-likeness (QED) is 0.627. The van der Waals surface area contributed by atoms with Crippen LogP contribution in [0.5, 0.6) is 0 Å². The summed E-state index contributed by atoms with van der Waals surface area (Å²) in [6.07, 6.45) is 4.22. The maximum absolute atomic E-state index is 3.70. The number of rotatable bonds is 6. The highest BCUT2D eigenvalue weighted by molar-refractivity contribution is 7.99. The van der Waals surface area contributed by atoms with Crippen LogP contribution in [0.4, 0.5) is 0 Å². The van der Waals surface area contributed by atoms with E-state index < -0.39 is 0 Å². The van der Waals surface area contributed by atoms with Crippen LogP contribution in [0.25, 0.3) is 0 Å². The zero-order chi connectivity index (χ0) is 12.2. The van der Waals surface area contributed by atoms with E-state index in [1.807, 2.05) is 11.8 Å². The first-order valence-electron chi connectivity index (χ1n) is 7.07. The van der Waals surface area contributed by atoms with Gasteiger partial charge in [0.15, 0.2) is 0 Å². The predicted octanol–water partition coefficient (Wildman–Crippen LogP) is 2.61. The molecule has 1 heterocycles. The predicted molar refractivity (Wildman–Crippen MR) is 78.2 cm³/mol. The molecule has 2 fully saturated rings. The lowest BCUT2D eigenvalue weighted by Crippen LogP contribution is -2.34. The van der Waals surface area contributed by atoms with Crippen LogP contribution in [-0.2, 0) is 0 Å². The van der Waals surface area contributed by atoms with Crippen LogP contribution in [0.2, 0.25) is 0 Å². The maximum atomic E-state index is 3.70. The highest BCUT2D eigenvalue weighted by Gasteiger charge is 2.33. The third-order valence-electron chi connectivity index (χ3n) is 3.83. The van der Waals surface area contributed by atoms with Gasteiger partial charge < -0.3 is 5.32 Å². The van der Waals surface area contributed by atoms with Crippen molar-refractivity contribution < 1.29 is 0 Å². The second-order valence-electron chi connectivity index (χ2n) is 5.33. The third-order valence-corrected chi connectivity index (χ3v) is 4.84. The minimum absolute atomic E-state index is 0.738. The van der Waals surface area contributed by atoms with E-state index in [0.29, 0.717) is 0 Å². The first kappa shape index (κ1) is 12.5. The molecule has 1 aliphatic carbocycles. The summed E-state index contributed by atoms with van der Waals surface area (Å²) >= 11 is 1.95. The molecule has 1 N–H and O–H groups in total. The molecule has 1 aromatic rings. The molecule has 0 aromatic heterocycles. The molecule has 1 saturated carbocycles. The number of hydrogen-bond acceptors (Lipinski definition) is 3. The second-order valence-corrected chi connectivity index (χ2v) is 6.50. The standard InChI is InChI=1S/C15H22N2S/c1-2-4-15(5-3-1)18-11-9-16-13-8-10-17(12-13)14-6-7-14/h1-5,13-14,16H,6-12H2. The number of hydrogen-bond donors (Lipinski definition) is 1. The summed E-state index contributed by atoms with van der Waals surface area (Å²) in [5.74, 6) is 1.17. The minimum atomic E-state index is 0.738. The van der Waals surface area contributed by atoms with Crippen LogP contribution in [-0.4, -0.2) is 42.4 Å². The lowest BCUT2D eigenvalue weighted by Gasteiger charge is -2.15. The van der Waals surface area contributed by atoms with Crippen molar-refractivity contribution in [2.24, 2.45) is 0 Å². The zero-order valence-corrected chi connectivity index (χ0v) is 11.7. The monoisotopic (exact) mass is 262 g/mol. The Morgan fingerprint density at radius 2 is 2.00 bits per heavy atom. The first-order chi connectivity index (χ1) is 8.92. The van der Waals surface area contributed by atoms with Crippen molar-refractivity contribution >= 4 is 11.8 Å². The van der Waals surface area contributed by atoms with E-state index in [4.69, 9.17) is 0 Å². The van der Waals surface area contributed by atoms with Crippen LogP contribution < -0.4 is 5.32 Å². The fourth-order valence-corrected chi connectivity index (χ4v) is 3.48. The van der Waals surface area contributed by atoms with Crippen molar-refractivity contribution in [2.75, 3.05) is 25.4 Å². The number of thioether (sulfide) groups is 1. The van der Waals surface area contributed by atoms with Gasteiger partial charge in [0, 0.05) is 42.4 Å². The number of nitrogens with zero attached hydrogens (tertiary/aromatic N) is 1. The molecule has 2 nitrogen and oxygen atoms in total. The summed E-state index contributed by atoms with van der Waals surface area (Å²) in [5, 5.41) is 3.70. The van der Waals surface area contributed by atoms with Crippen molar-refractivity contribution in [1.29, 1.82) is 0 Å². The van der Waals surface area contributed by atoms with Crippen molar-refractivity contribution in [1.82, 2.24) is 10.2 Å². The normalized spacial score (nSPS) is 24.6. The lowest BCUT2D eigenvalue weighted by molar-refractivity contribution is 0.318. The Morgan fingerprint density at radius 1 is 1.17 bits per heavy atom. The van der Waals surface area contributed by atoms with Gasteiger partial charge in [-0.05, 0) is 31.4 Å². The van der Waals surface area contributed by atoms with Crippen molar-refractivity contribution in [3.63, 3.8) is 0 Å². The van der Waals surface area contributed by atoms with Gasteiger partial charge in [0.25, 0.3) is 0 Å². The van der Waals surface area contributed by atoms with Gasteiger partial charge in [-0.15, -0.1) is 11.8 Å². The van der Waals surface area contributed by atoms with E-state index in [9.17, 15) is 0 Å². The topological polar surface area (TPSA) is 15.3 Å². The van der Waals surface area contributed by atoms with Gasteiger partial charge in [-0.25, -0.2) is 0 Å². The van der Waals surface area contributed by atoms with Gasteiger partial charge in [-0.2, -0.15) is 0 Å². The molecule has 1 saturated heterocycles. The number of likely N-dealkylation sites (tertiary alicyclic amines) is 1. The molecular weight excluding hydrogens is 240 g/mol. The minimum Gasteiger partial charge on any atom is -0.312 e. The highest BCUT2D eigenvalue weighted by atomic mass is 32.2. The van der Waals surface area contributed by atoms with E-state index in [1.165, 1.54) is 43.0 Å². The summed E-state index contributed by atoms with van der Waals surface area (Å²) in [6.45, 7) is 3.72. The van der Waals surface area contributed by atoms with E-state index in [-0.39, 0.29) is 0 Å². The van der Waals surface area contributed by atoms with Gasteiger partial charge in [-0.3, -0.25) is 4.90 Å². The highest BCUT2D eigenvalue weighted by Crippen LogP contribution is 2.29. The summed E-state index contributed by atoms with van der Waals surface area (Å²) in [5.41, 5.74) is 0. The van der Waals surface area contributed by atoms with Crippen LogP contribution >= 0.6 is 11.8 Å². The van der Waals surface area contributed by atoms with Crippen molar-refractivity contribution in [3.8, 4) is 0 Å². The molecule has 0 bridgehead atoms. The molecular formula is C15H22N2S. The summed E-state index contributed by atoms with van der Waals surface area (Å²) in [6, 6.07) is 12.4. The van der Waals surface area contributed by atoms with Crippen molar-refractivity contribution in [3.05, 3.63) is 30.3 Å². The molecule has 18 heavy (non-hydrogen) atoms. The molecule has 1 atom stereocenters. The molecule has 98 valence electrons. The van der Waals surface area contributed by atoms with Crippen LogP contribution in [0.15, 0.2) is 35.2 Å². The molecule has 3 heteroatoms. The Labute approximate surface area is 114 Å². The molecule has 1 aromatic carbocycles. The molecule has 0 spiro atoms. The van der Waals surface area contributed by atoms with Gasteiger partial charge in [0.2, 0.25) is 0 Å². The average molecular weight is 262 g/mol.